The van der Waals surface area contributed by atoms with Gasteiger partial charge in [-0.25, -0.2) is 19.1 Å². The minimum Gasteiger partial charge on any atom is -0.489 e. The molecule has 0 saturated carbocycles. The average Bonchev–Trinajstić information content (AvgIpc) is 3.02. The molecule has 5 rings (SSSR count). The Balaban J connectivity index is 1.36. The van der Waals surface area contributed by atoms with Crippen LogP contribution in [0, 0.1) is 26.6 Å². The van der Waals surface area contributed by atoms with E-state index in [0.717, 1.165) is 59.9 Å². The number of carboxylic acid groups (broad SMARTS) is 1. The van der Waals surface area contributed by atoms with E-state index in [0.29, 0.717) is 33.9 Å². The predicted octanol–water partition coefficient (Wildman–Crippen LogP) is 8.27. The van der Waals surface area contributed by atoms with Crippen molar-refractivity contribution in [2.24, 2.45) is 0 Å². The number of piperazine rings is 1. The minimum atomic E-state index is -1.26. The van der Waals surface area contributed by atoms with Crippen LogP contribution in [0.25, 0.3) is 0 Å². The smallest absolute Gasteiger partial charge is 0.413 e. The summed E-state index contributed by atoms with van der Waals surface area (Å²) in [6.45, 7) is 15.3. The van der Waals surface area contributed by atoms with Crippen LogP contribution in [0.2, 0.25) is 10.0 Å². The normalized spacial score (nSPS) is 14.6. The molecular weight excluding hydrogens is 654 g/mol. The first kappa shape index (κ1) is 35.3. The van der Waals surface area contributed by atoms with Gasteiger partial charge in [0.1, 0.15) is 12.4 Å². The van der Waals surface area contributed by atoms with Crippen LogP contribution < -0.4 is 15.0 Å². The number of amides is 1. The summed E-state index contributed by atoms with van der Waals surface area (Å²) in [5, 5.41) is 14.4. The maximum Gasteiger partial charge on any atom is 0.413 e. The van der Waals surface area contributed by atoms with Crippen LogP contribution >= 0.6 is 23.2 Å². The number of benzene rings is 3. The predicted molar refractivity (Wildman–Crippen MR) is 190 cm³/mol. The van der Waals surface area contributed by atoms with Crippen LogP contribution in [0.1, 0.15) is 47.7 Å². The molecule has 0 aliphatic carbocycles. The zero-order valence-electron chi connectivity index (χ0n) is 27.8. The zero-order chi connectivity index (χ0) is 34.5. The summed E-state index contributed by atoms with van der Waals surface area (Å²) in [5.74, 6) is -0.206. The maximum absolute atomic E-state index is 15.1. The highest BCUT2D eigenvalue weighted by Gasteiger charge is 2.33. The number of aromatic nitrogens is 2. The molecule has 1 atom stereocenters. The Hall–Kier alpha value is -3.96. The van der Waals surface area contributed by atoms with Crippen molar-refractivity contribution in [3.8, 4) is 5.75 Å². The second kappa shape index (κ2) is 15.5. The first-order valence-corrected chi connectivity index (χ1v) is 16.7. The molecule has 1 amide bonds. The van der Waals surface area contributed by atoms with E-state index in [9.17, 15) is 9.90 Å². The zero-order valence-corrected chi connectivity index (χ0v) is 29.3. The number of hydrogen-bond donors (Lipinski definition) is 2. The summed E-state index contributed by atoms with van der Waals surface area (Å²) in [6.07, 6.45) is 0.190. The van der Waals surface area contributed by atoms with Crippen molar-refractivity contribution >= 4 is 46.7 Å². The van der Waals surface area contributed by atoms with E-state index in [1.165, 1.54) is 18.3 Å². The van der Waals surface area contributed by atoms with Gasteiger partial charge in [0.2, 0.25) is 5.95 Å². The van der Waals surface area contributed by atoms with Crippen molar-refractivity contribution in [2.45, 2.75) is 46.7 Å². The van der Waals surface area contributed by atoms with E-state index in [-0.39, 0.29) is 17.5 Å². The van der Waals surface area contributed by atoms with Gasteiger partial charge in [0, 0.05) is 66.8 Å². The van der Waals surface area contributed by atoms with Gasteiger partial charge in [-0.3, -0.25) is 9.80 Å². The first-order valence-electron chi connectivity index (χ1n) is 15.9. The molecular formula is C36H41Cl2FN6O3. The van der Waals surface area contributed by atoms with Crippen molar-refractivity contribution in [1.29, 1.82) is 0 Å². The van der Waals surface area contributed by atoms with Gasteiger partial charge in [-0.15, -0.1) is 0 Å². The molecule has 1 aromatic heterocycles. The van der Waals surface area contributed by atoms with Crippen molar-refractivity contribution in [2.75, 3.05) is 49.5 Å². The highest BCUT2D eigenvalue weighted by molar-refractivity contribution is 6.33. The molecule has 1 aliphatic rings. The van der Waals surface area contributed by atoms with Gasteiger partial charge in [0.15, 0.2) is 11.6 Å². The largest absolute Gasteiger partial charge is 0.489 e. The topological polar surface area (TPSA) is 94.1 Å². The number of nitrogens with zero attached hydrogens (tertiary/aromatic N) is 5. The van der Waals surface area contributed by atoms with Crippen LogP contribution in [-0.4, -0.2) is 76.3 Å². The Labute approximate surface area is 291 Å². The minimum absolute atomic E-state index is 0.0839. The summed E-state index contributed by atoms with van der Waals surface area (Å²) in [6, 6.07) is 14.6. The maximum atomic E-state index is 15.1. The Kier molecular flexibility index (Phi) is 11.4. The monoisotopic (exact) mass is 694 g/mol. The van der Waals surface area contributed by atoms with Crippen LogP contribution in [0.5, 0.6) is 5.75 Å². The number of aryl methyl sites for hydroxylation is 3. The Morgan fingerprint density at radius 3 is 2.38 bits per heavy atom. The molecule has 1 aliphatic heterocycles. The van der Waals surface area contributed by atoms with Crippen LogP contribution in [-0.2, 0) is 0 Å². The van der Waals surface area contributed by atoms with Gasteiger partial charge in [-0.05, 0) is 93.3 Å². The summed E-state index contributed by atoms with van der Waals surface area (Å²) < 4.78 is 20.9. The molecule has 0 spiro atoms. The molecule has 2 N–H and O–H groups in total. The number of rotatable bonds is 11. The van der Waals surface area contributed by atoms with Crippen molar-refractivity contribution in [1.82, 2.24) is 19.8 Å². The third kappa shape index (κ3) is 8.36. The van der Waals surface area contributed by atoms with Gasteiger partial charge < -0.3 is 15.2 Å². The SMILES string of the molecule is Cc1cc(C)c(C(c2cc(Cl)ccc2Cl)N(C(=O)O)c2ccnc(Nc3ccc(OCCN4CCN(C(C)C)CC4)c(F)c3)n2)c(C)c1. The third-order valence-electron chi connectivity index (χ3n) is 8.61. The van der Waals surface area contributed by atoms with Gasteiger partial charge in [-0.2, -0.15) is 4.98 Å². The Bertz CT molecular complexity index is 1740. The molecule has 1 unspecified atom stereocenters. The fraction of sp³-hybridized carbons (Fsp3) is 0.361. The van der Waals surface area contributed by atoms with Gasteiger partial charge in [0.25, 0.3) is 0 Å². The highest BCUT2D eigenvalue weighted by Crippen LogP contribution is 2.40. The molecule has 1 saturated heterocycles. The standard InChI is InChI=1S/C36H41Cl2FN6O3/c1-22(2)44-14-12-43(13-15-44)16-17-48-31-9-7-27(21-30(31)39)41-35-40-11-10-32(42-35)45(36(46)47)34(28-20-26(37)6-8-29(28)38)33-24(4)18-23(3)19-25(33)5/h6-11,18-22,34H,12-17H2,1-5H3,(H,46,47)(H,40,41,42). The second-order valence-corrected chi connectivity index (χ2v) is 13.2. The Morgan fingerprint density at radius 2 is 1.73 bits per heavy atom. The molecule has 4 aromatic rings. The number of ether oxygens (including phenoxy) is 1. The van der Waals surface area contributed by atoms with E-state index in [4.69, 9.17) is 27.9 Å². The first-order chi connectivity index (χ1) is 22.9. The van der Waals surface area contributed by atoms with Crippen molar-refractivity contribution < 1.29 is 19.0 Å². The number of halogens is 3. The third-order valence-corrected chi connectivity index (χ3v) is 9.19. The average molecular weight is 696 g/mol. The molecule has 2 heterocycles. The fourth-order valence-corrected chi connectivity index (χ4v) is 6.67. The summed E-state index contributed by atoms with van der Waals surface area (Å²) in [5.41, 5.74) is 4.46. The quantitative estimate of drug-likeness (QED) is 0.162. The molecule has 48 heavy (non-hydrogen) atoms. The number of anilines is 3. The highest BCUT2D eigenvalue weighted by atomic mass is 35.5. The van der Waals surface area contributed by atoms with E-state index < -0.39 is 18.0 Å². The molecule has 3 aromatic carbocycles. The molecule has 12 heteroatoms. The lowest BCUT2D eigenvalue weighted by atomic mass is 9.89. The number of hydrogen-bond acceptors (Lipinski definition) is 7. The van der Waals surface area contributed by atoms with E-state index in [1.807, 2.05) is 32.9 Å². The van der Waals surface area contributed by atoms with E-state index in [2.05, 4.69) is 38.9 Å². The molecule has 0 bridgehead atoms. The van der Waals surface area contributed by atoms with Gasteiger partial charge >= 0.3 is 6.09 Å². The summed E-state index contributed by atoms with van der Waals surface area (Å²) in [7, 11) is 0. The molecule has 1 fully saturated rings. The van der Waals surface area contributed by atoms with E-state index in [1.54, 1.807) is 30.3 Å². The lowest BCUT2D eigenvalue weighted by molar-refractivity contribution is 0.0965. The van der Waals surface area contributed by atoms with Crippen molar-refractivity contribution in [3.05, 3.63) is 104 Å². The summed E-state index contributed by atoms with van der Waals surface area (Å²) >= 11 is 13.1. The fourth-order valence-electron chi connectivity index (χ4n) is 6.27. The van der Waals surface area contributed by atoms with E-state index >= 15 is 4.39 Å². The molecule has 0 radical (unpaired) electrons. The van der Waals surface area contributed by atoms with Gasteiger partial charge in [-0.1, -0.05) is 40.9 Å². The Morgan fingerprint density at radius 1 is 1.02 bits per heavy atom. The molecule has 9 nitrogen and oxygen atoms in total. The second-order valence-electron chi connectivity index (χ2n) is 12.4. The number of carbonyl (C=O) groups is 1. The van der Waals surface area contributed by atoms with Gasteiger partial charge in [0.05, 0.1) is 6.04 Å². The molecule has 254 valence electrons. The van der Waals surface area contributed by atoms with Crippen molar-refractivity contribution in [3.63, 3.8) is 0 Å². The lowest BCUT2D eigenvalue weighted by Gasteiger charge is -2.36. The van der Waals surface area contributed by atoms with Crippen LogP contribution in [0.3, 0.4) is 0 Å². The van der Waals surface area contributed by atoms with Crippen LogP contribution in [0.15, 0.2) is 60.8 Å². The summed E-state index contributed by atoms with van der Waals surface area (Å²) in [4.78, 5) is 27.8. The van der Waals surface area contributed by atoms with Crippen LogP contribution in [0.4, 0.5) is 26.6 Å². The number of nitrogens with one attached hydrogen (secondary N) is 1. The lowest BCUT2D eigenvalue weighted by Crippen LogP contribution is -2.49.